The topological polar surface area (TPSA) is 57.9 Å². The summed E-state index contributed by atoms with van der Waals surface area (Å²) in [4.78, 5) is 9.89. The molecule has 6 heterocycles. The van der Waals surface area contributed by atoms with Crippen molar-refractivity contribution in [3.8, 4) is 28.3 Å². The van der Waals surface area contributed by atoms with Crippen LogP contribution in [0.25, 0.3) is 78.0 Å². The van der Waals surface area contributed by atoms with Crippen molar-refractivity contribution in [2.24, 2.45) is 0 Å². The molecule has 0 atom stereocenters. The summed E-state index contributed by atoms with van der Waals surface area (Å²) in [5.41, 5.74) is 12.2. The van der Waals surface area contributed by atoms with Gasteiger partial charge in [-0.1, -0.05) is 106 Å². The maximum Gasteiger partial charge on any atom is 2.00 e. The van der Waals surface area contributed by atoms with Crippen LogP contribution in [0, 0.1) is 12.1 Å². The molecule has 5 aromatic heterocycles. The summed E-state index contributed by atoms with van der Waals surface area (Å²) in [6, 6.07) is 48.1. The third-order valence-electron chi connectivity index (χ3n) is 11.8. The molecule has 0 aliphatic carbocycles. The van der Waals surface area contributed by atoms with Crippen LogP contribution in [0.2, 0.25) is 0 Å². The first kappa shape index (κ1) is 31.9. The van der Waals surface area contributed by atoms with Crippen molar-refractivity contribution in [2.45, 2.75) is 38.5 Å². The van der Waals surface area contributed by atoms with Crippen LogP contribution in [0.15, 0.2) is 128 Å². The van der Waals surface area contributed by atoms with E-state index in [0.717, 1.165) is 72.4 Å². The Morgan fingerprint density at radius 3 is 2.21 bits per heavy atom. The van der Waals surface area contributed by atoms with E-state index in [4.69, 9.17) is 15.1 Å². The average molecular weight is 867 g/mol. The van der Waals surface area contributed by atoms with Gasteiger partial charge in [0, 0.05) is 22.7 Å². The zero-order valence-electron chi connectivity index (χ0n) is 29.6. The molecule has 258 valence electrons. The summed E-state index contributed by atoms with van der Waals surface area (Å²) >= 11 is 0. The second-order valence-electron chi connectivity index (χ2n) is 14.9. The molecule has 0 fully saturated rings. The minimum absolute atomic E-state index is 0. The van der Waals surface area contributed by atoms with Crippen LogP contribution in [-0.2, 0) is 31.9 Å². The minimum Gasteiger partial charge on any atom is -0.358 e. The van der Waals surface area contributed by atoms with Gasteiger partial charge in [0.1, 0.15) is 5.82 Å². The van der Waals surface area contributed by atoms with Crippen molar-refractivity contribution in [1.29, 1.82) is 0 Å². The quantitative estimate of drug-likeness (QED) is 0.166. The molecule has 1 aliphatic rings. The van der Waals surface area contributed by atoms with Crippen LogP contribution in [0.5, 0.6) is 0 Å². The van der Waals surface area contributed by atoms with Gasteiger partial charge in [-0.25, -0.2) is 9.97 Å². The van der Waals surface area contributed by atoms with E-state index < -0.39 is 0 Å². The number of imidazole rings is 2. The molecule has 0 bridgehead atoms. The molecule has 7 nitrogen and oxygen atoms in total. The standard InChI is InChI=1S/C45H33N7.Pt/c1-44(2)33-22-21-29(24-38(33)52-42(45(44,3)4)32(27-47-52)28-14-6-5-7-15-28)49-35-18-10-8-16-30(35)31-25-39-40(26-37(31)49)51(41-20-12-13-23-46-41)43-48-34-17-9-11-19-36(34)50(39)43;/h5-23,25,27H,1-4H3;/q-2;+2. The number of nitrogens with zero attached hydrogens (tertiary/aromatic N) is 7. The Kier molecular flexibility index (Phi) is 6.69. The first-order valence-electron chi connectivity index (χ1n) is 17.7. The normalized spacial score (nSPS) is 14.6. The molecular formula is C45H33N7Pt. The van der Waals surface area contributed by atoms with Gasteiger partial charge in [0.25, 0.3) is 0 Å². The van der Waals surface area contributed by atoms with Crippen LogP contribution < -0.4 is 0 Å². The number of para-hydroxylation sites is 3. The van der Waals surface area contributed by atoms with Crippen molar-refractivity contribution < 1.29 is 21.1 Å². The molecule has 0 radical (unpaired) electrons. The predicted octanol–water partition coefficient (Wildman–Crippen LogP) is 9.94. The van der Waals surface area contributed by atoms with Crippen molar-refractivity contribution >= 4 is 49.7 Å². The van der Waals surface area contributed by atoms with Crippen LogP contribution in [-0.4, -0.2) is 33.3 Å². The van der Waals surface area contributed by atoms with E-state index in [1.165, 1.54) is 16.8 Å². The second kappa shape index (κ2) is 11.1. The summed E-state index contributed by atoms with van der Waals surface area (Å²) in [7, 11) is 0. The fraction of sp³-hybridized carbons (Fsp3) is 0.133. The Morgan fingerprint density at radius 2 is 1.40 bits per heavy atom. The molecule has 0 unspecified atom stereocenters. The minimum atomic E-state index is -0.206. The third kappa shape index (κ3) is 4.17. The largest absolute Gasteiger partial charge is 2.00 e. The second-order valence-corrected chi connectivity index (χ2v) is 14.9. The molecule has 11 rings (SSSR count). The van der Waals surface area contributed by atoms with Gasteiger partial charge in [-0.3, -0.25) is 9.25 Å². The smallest absolute Gasteiger partial charge is 0.358 e. The molecular weight excluding hydrogens is 834 g/mol. The molecule has 0 amide bonds. The summed E-state index contributed by atoms with van der Waals surface area (Å²) in [5.74, 6) is 1.60. The molecule has 5 aromatic carbocycles. The predicted molar refractivity (Wildman–Crippen MR) is 208 cm³/mol. The van der Waals surface area contributed by atoms with Crippen molar-refractivity contribution in [1.82, 2.24) is 33.3 Å². The van der Waals surface area contributed by atoms with Gasteiger partial charge in [-0.05, 0) is 63.4 Å². The Hall–Kier alpha value is -5.78. The van der Waals surface area contributed by atoms with E-state index in [9.17, 15) is 0 Å². The van der Waals surface area contributed by atoms with E-state index in [-0.39, 0.29) is 31.9 Å². The third-order valence-corrected chi connectivity index (χ3v) is 11.8. The number of benzene rings is 5. The van der Waals surface area contributed by atoms with Crippen LogP contribution in [0.3, 0.4) is 0 Å². The molecule has 0 N–H and O–H groups in total. The van der Waals surface area contributed by atoms with Gasteiger partial charge in [0.15, 0.2) is 0 Å². The van der Waals surface area contributed by atoms with E-state index in [2.05, 4.69) is 149 Å². The molecule has 0 saturated carbocycles. The maximum atomic E-state index is 5.11. The molecule has 1 aliphatic heterocycles. The summed E-state index contributed by atoms with van der Waals surface area (Å²) in [5, 5.41) is 7.32. The first-order valence-corrected chi connectivity index (χ1v) is 17.7. The number of hydrogen-bond donors (Lipinski definition) is 0. The average Bonchev–Trinajstić information content (AvgIpc) is 3.93. The fourth-order valence-corrected chi connectivity index (χ4v) is 8.56. The number of aromatic nitrogens is 7. The summed E-state index contributed by atoms with van der Waals surface area (Å²) in [6.45, 7) is 9.38. The Balaban J connectivity index is 0.00000349. The molecule has 0 spiro atoms. The van der Waals surface area contributed by atoms with Gasteiger partial charge >= 0.3 is 21.1 Å². The molecule has 8 heteroatoms. The van der Waals surface area contributed by atoms with Crippen LogP contribution in [0.4, 0.5) is 0 Å². The molecule has 10 aromatic rings. The van der Waals surface area contributed by atoms with Gasteiger partial charge in [-0.2, -0.15) is 11.2 Å². The summed E-state index contributed by atoms with van der Waals surface area (Å²) in [6.07, 6.45) is 3.85. The molecule has 0 saturated heterocycles. The van der Waals surface area contributed by atoms with Crippen molar-refractivity contribution in [3.63, 3.8) is 0 Å². The number of fused-ring (bicyclic) bond motifs is 11. The number of pyridine rings is 1. The van der Waals surface area contributed by atoms with Crippen molar-refractivity contribution in [2.75, 3.05) is 0 Å². The Labute approximate surface area is 320 Å². The summed E-state index contributed by atoms with van der Waals surface area (Å²) < 4.78 is 8.79. The van der Waals surface area contributed by atoms with E-state index >= 15 is 0 Å². The van der Waals surface area contributed by atoms with Gasteiger partial charge in [0.05, 0.1) is 22.9 Å². The molecule has 53 heavy (non-hydrogen) atoms. The Bertz CT molecular complexity index is 3070. The van der Waals surface area contributed by atoms with Crippen LogP contribution in [0.1, 0.15) is 39.0 Å². The maximum absolute atomic E-state index is 5.11. The SMILES string of the molecule is CC1(C)c2ccc(-n3c4[c-]c5c(cc4c4ccccc43)n3c4ccccc4nc3n5-c3ccccn3)[c-]c2-n2ncc(-c3ccccc3)c2C1(C)C.[Pt+2]. The first-order chi connectivity index (χ1) is 25.3. The van der Waals surface area contributed by atoms with Gasteiger partial charge in [-0.15, -0.1) is 35.2 Å². The van der Waals surface area contributed by atoms with Crippen molar-refractivity contribution in [3.05, 3.63) is 151 Å². The monoisotopic (exact) mass is 866 g/mol. The van der Waals surface area contributed by atoms with Gasteiger partial charge < -0.3 is 8.97 Å². The van der Waals surface area contributed by atoms with E-state index in [1.54, 1.807) is 0 Å². The van der Waals surface area contributed by atoms with Crippen LogP contribution >= 0.6 is 0 Å². The zero-order valence-corrected chi connectivity index (χ0v) is 31.8. The number of hydrogen-bond acceptors (Lipinski definition) is 3. The Morgan fingerprint density at radius 1 is 0.642 bits per heavy atom. The number of rotatable bonds is 3. The fourth-order valence-electron chi connectivity index (χ4n) is 8.56. The zero-order chi connectivity index (χ0) is 34.9. The van der Waals surface area contributed by atoms with E-state index in [0.29, 0.717) is 0 Å². The van der Waals surface area contributed by atoms with E-state index in [1.807, 2.05) is 36.7 Å². The van der Waals surface area contributed by atoms with Gasteiger partial charge in [0.2, 0.25) is 5.78 Å².